The molecular weight excluding hydrogens is 212 g/mol. The van der Waals surface area contributed by atoms with Gasteiger partial charge in [-0.2, -0.15) is 0 Å². The van der Waals surface area contributed by atoms with Gasteiger partial charge in [0.25, 0.3) is 0 Å². The minimum absolute atomic E-state index is 0.685. The van der Waals surface area contributed by atoms with E-state index in [1.54, 1.807) is 6.34 Å². The van der Waals surface area contributed by atoms with Crippen molar-refractivity contribution in [3.8, 4) is 0 Å². The first-order chi connectivity index (χ1) is 8.24. The summed E-state index contributed by atoms with van der Waals surface area (Å²) in [5.41, 5.74) is 1.92. The standard InChI is InChI=1S/C13H14N4/c1-10-5-3-7-12(16-10)14-9-15-13-8-4-6-11(2)17-13/h3-9H,1-2H3,(H,14,15,16,17). The van der Waals surface area contributed by atoms with Crippen LogP contribution in [0, 0.1) is 13.8 Å². The van der Waals surface area contributed by atoms with Gasteiger partial charge in [-0.3, -0.25) is 0 Å². The molecule has 4 nitrogen and oxygen atoms in total. The molecule has 0 atom stereocenters. The number of aryl methyl sites for hydroxylation is 2. The lowest BCUT2D eigenvalue weighted by atomic mass is 10.4. The van der Waals surface area contributed by atoms with Crippen LogP contribution >= 0.6 is 0 Å². The van der Waals surface area contributed by atoms with Crippen LogP contribution in [0.5, 0.6) is 0 Å². The minimum atomic E-state index is 0.685. The molecule has 4 heteroatoms. The molecule has 2 aromatic heterocycles. The molecule has 0 aliphatic heterocycles. The van der Waals surface area contributed by atoms with Gasteiger partial charge in [-0.15, -0.1) is 0 Å². The molecule has 17 heavy (non-hydrogen) atoms. The van der Waals surface area contributed by atoms with Gasteiger partial charge in [0.2, 0.25) is 0 Å². The Morgan fingerprint density at radius 3 is 2.41 bits per heavy atom. The third kappa shape index (κ3) is 3.38. The number of anilines is 1. The molecule has 0 saturated carbocycles. The van der Waals surface area contributed by atoms with Crippen molar-refractivity contribution in [2.45, 2.75) is 13.8 Å². The Hall–Kier alpha value is -2.23. The van der Waals surface area contributed by atoms with Crippen molar-refractivity contribution in [2.24, 2.45) is 4.99 Å². The predicted molar refractivity (Wildman–Crippen MR) is 69.7 cm³/mol. The zero-order valence-electron chi connectivity index (χ0n) is 9.88. The fourth-order valence-corrected chi connectivity index (χ4v) is 1.39. The fourth-order valence-electron chi connectivity index (χ4n) is 1.39. The van der Waals surface area contributed by atoms with Gasteiger partial charge in [-0.05, 0) is 38.1 Å². The summed E-state index contributed by atoms with van der Waals surface area (Å²) in [4.78, 5) is 12.8. The molecule has 0 aliphatic rings. The molecular formula is C13H14N4. The Kier molecular flexibility index (Phi) is 3.45. The van der Waals surface area contributed by atoms with Crippen LogP contribution in [0.4, 0.5) is 11.6 Å². The van der Waals surface area contributed by atoms with E-state index in [1.165, 1.54) is 0 Å². The van der Waals surface area contributed by atoms with E-state index >= 15 is 0 Å². The van der Waals surface area contributed by atoms with Crippen molar-refractivity contribution in [3.63, 3.8) is 0 Å². The van der Waals surface area contributed by atoms with Gasteiger partial charge in [-0.25, -0.2) is 15.0 Å². The van der Waals surface area contributed by atoms with E-state index in [4.69, 9.17) is 0 Å². The molecule has 2 aromatic rings. The molecule has 1 N–H and O–H groups in total. The van der Waals surface area contributed by atoms with Crippen molar-refractivity contribution in [1.82, 2.24) is 9.97 Å². The van der Waals surface area contributed by atoms with Gasteiger partial charge < -0.3 is 5.32 Å². The summed E-state index contributed by atoms with van der Waals surface area (Å²) in [7, 11) is 0. The quantitative estimate of drug-likeness (QED) is 0.646. The van der Waals surface area contributed by atoms with Crippen molar-refractivity contribution in [2.75, 3.05) is 5.32 Å². The summed E-state index contributed by atoms with van der Waals surface area (Å²) in [5, 5.41) is 3.01. The Bertz CT molecular complexity index is 534. The van der Waals surface area contributed by atoms with Crippen LogP contribution in [0.15, 0.2) is 41.4 Å². The summed E-state index contributed by atoms with van der Waals surface area (Å²) >= 11 is 0. The lowest BCUT2D eigenvalue weighted by molar-refractivity contribution is 1.18. The largest absolute Gasteiger partial charge is 0.331 e. The Morgan fingerprint density at radius 1 is 1.00 bits per heavy atom. The van der Waals surface area contributed by atoms with E-state index in [0.717, 1.165) is 17.2 Å². The number of aliphatic imine (C=N–C) groups is 1. The van der Waals surface area contributed by atoms with Crippen molar-refractivity contribution in [3.05, 3.63) is 47.8 Å². The Labute approximate surface area is 100 Å². The van der Waals surface area contributed by atoms with E-state index in [-0.39, 0.29) is 0 Å². The highest BCUT2D eigenvalue weighted by atomic mass is 15.0. The van der Waals surface area contributed by atoms with E-state index in [2.05, 4.69) is 20.3 Å². The molecule has 0 aromatic carbocycles. The summed E-state index contributed by atoms with van der Waals surface area (Å²) in [6.45, 7) is 3.89. The van der Waals surface area contributed by atoms with Crippen LogP contribution in [-0.2, 0) is 0 Å². The molecule has 86 valence electrons. The van der Waals surface area contributed by atoms with Crippen LogP contribution < -0.4 is 5.32 Å². The SMILES string of the molecule is Cc1cccc(/N=C/Nc2cccc(C)n2)n1. The topological polar surface area (TPSA) is 50.2 Å². The Morgan fingerprint density at radius 2 is 1.71 bits per heavy atom. The second-order valence-electron chi connectivity index (χ2n) is 3.70. The molecule has 0 saturated heterocycles. The first-order valence-corrected chi connectivity index (χ1v) is 5.40. The van der Waals surface area contributed by atoms with E-state index in [0.29, 0.717) is 5.82 Å². The molecule has 0 unspecified atom stereocenters. The molecule has 2 heterocycles. The second kappa shape index (κ2) is 5.21. The molecule has 0 aliphatic carbocycles. The molecule has 0 spiro atoms. The first-order valence-electron chi connectivity index (χ1n) is 5.40. The number of rotatable bonds is 3. The average molecular weight is 226 g/mol. The zero-order chi connectivity index (χ0) is 12.1. The number of nitrogens with zero attached hydrogens (tertiary/aromatic N) is 3. The predicted octanol–water partition coefficient (Wildman–Crippen LogP) is 2.87. The second-order valence-corrected chi connectivity index (χ2v) is 3.70. The van der Waals surface area contributed by atoms with Gasteiger partial charge in [0.05, 0.1) is 6.34 Å². The number of aromatic nitrogens is 2. The van der Waals surface area contributed by atoms with Crippen LogP contribution in [0.3, 0.4) is 0 Å². The third-order valence-electron chi connectivity index (χ3n) is 2.17. The smallest absolute Gasteiger partial charge is 0.153 e. The number of hydrogen-bond donors (Lipinski definition) is 1. The maximum atomic E-state index is 4.30. The van der Waals surface area contributed by atoms with E-state index < -0.39 is 0 Å². The highest BCUT2D eigenvalue weighted by Crippen LogP contribution is 2.07. The molecule has 2 rings (SSSR count). The van der Waals surface area contributed by atoms with Crippen molar-refractivity contribution < 1.29 is 0 Å². The number of pyridine rings is 2. The number of hydrogen-bond acceptors (Lipinski definition) is 3. The van der Waals surface area contributed by atoms with Crippen LogP contribution in [-0.4, -0.2) is 16.3 Å². The summed E-state index contributed by atoms with van der Waals surface area (Å²) in [5.74, 6) is 1.46. The van der Waals surface area contributed by atoms with Gasteiger partial charge in [0, 0.05) is 11.4 Å². The lowest BCUT2D eigenvalue weighted by Gasteiger charge is -1.99. The van der Waals surface area contributed by atoms with E-state index in [9.17, 15) is 0 Å². The lowest BCUT2D eigenvalue weighted by Crippen LogP contribution is -1.97. The maximum absolute atomic E-state index is 4.30. The molecule has 0 amide bonds. The Balaban J connectivity index is 2.03. The van der Waals surface area contributed by atoms with Gasteiger partial charge >= 0.3 is 0 Å². The first kappa shape index (κ1) is 11.3. The molecule has 0 fully saturated rings. The third-order valence-corrected chi connectivity index (χ3v) is 2.17. The highest BCUT2D eigenvalue weighted by Gasteiger charge is 1.92. The van der Waals surface area contributed by atoms with E-state index in [1.807, 2.05) is 50.2 Å². The van der Waals surface area contributed by atoms with Crippen LogP contribution in [0.1, 0.15) is 11.4 Å². The van der Waals surface area contributed by atoms with Crippen LogP contribution in [0.2, 0.25) is 0 Å². The minimum Gasteiger partial charge on any atom is -0.331 e. The number of nitrogens with one attached hydrogen (secondary N) is 1. The summed E-state index contributed by atoms with van der Waals surface area (Å²) in [6, 6.07) is 11.5. The fraction of sp³-hybridized carbons (Fsp3) is 0.154. The molecule has 0 radical (unpaired) electrons. The van der Waals surface area contributed by atoms with Gasteiger partial charge in [-0.1, -0.05) is 12.1 Å². The maximum Gasteiger partial charge on any atom is 0.153 e. The normalized spacial score (nSPS) is 10.7. The van der Waals surface area contributed by atoms with Gasteiger partial charge in [0.15, 0.2) is 5.82 Å². The zero-order valence-corrected chi connectivity index (χ0v) is 9.88. The van der Waals surface area contributed by atoms with Crippen molar-refractivity contribution in [1.29, 1.82) is 0 Å². The highest BCUT2D eigenvalue weighted by molar-refractivity contribution is 5.75. The summed E-state index contributed by atoms with van der Waals surface area (Å²) < 4.78 is 0. The van der Waals surface area contributed by atoms with Gasteiger partial charge in [0.1, 0.15) is 5.82 Å². The average Bonchev–Trinajstić information content (AvgIpc) is 2.29. The van der Waals surface area contributed by atoms with Crippen molar-refractivity contribution >= 4 is 18.0 Å². The van der Waals surface area contributed by atoms with Crippen LogP contribution in [0.25, 0.3) is 0 Å². The summed E-state index contributed by atoms with van der Waals surface area (Å²) in [6.07, 6.45) is 1.60. The molecule has 0 bridgehead atoms. The monoisotopic (exact) mass is 226 g/mol.